The Morgan fingerprint density at radius 3 is 0.969 bits per heavy atom. The summed E-state index contributed by atoms with van der Waals surface area (Å²) in [6, 6.07) is 0. The number of hydrogen-bond acceptors (Lipinski definition) is 6. The summed E-state index contributed by atoms with van der Waals surface area (Å²) in [5, 5.41) is 0. The van der Waals surface area contributed by atoms with Crippen molar-refractivity contribution in [2.24, 2.45) is 0 Å². The number of rotatable bonds is 48. The fourth-order valence-electron chi connectivity index (χ4n) is 7.44. The van der Waals surface area contributed by atoms with Gasteiger partial charge in [0.25, 0.3) is 0 Å². The van der Waals surface area contributed by atoms with Crippen molar-refractivity contribution in [2.75, 3.05) is 13.2 Å². The van der Waals surface area contributed by atoms with Gasteiger partial charge in [0.15, 0.2) is 6.10 Å². The van der Waals surface area contributed by atoms with Crippen molar-refractivity contribution in [3.63, 3.8) is 0 Å². The molecule has 0 fully saturated rings. The summed E-state index contributed by atoms with van der Waals surface area (Å²) in [4.78, 5) is 38.1. The fraction of sp³-hybridized carbons (Fsp3) is 0.712. The Labute approximate surface area is 401 Å². The average Bonchev–Trinajstić information content (AvgIpc) is 3.30. The third-order valence-corrected chi connectivity index (χ3v) is 11.5. The molecule has 0 saturated carbocycles. The van der Waals surface area contributed by atoms with E-state index in [1.807, 2.05) is 0 Å². The molecule has 65 heavy (non-hydrogen) atoms. The van der Waals surface area contributed by atoms with Gasteiger partial charge in [-0.2, -0.15) is 0 Å². The van der Waals surface area contributed by atoms with E-state index in [0.29, 0.717) is 19.3 Å². The van der Waals surface area contributed by atoms with Crippen LogP contribution < -0.4 is 0 Å². The van der Waals surface area contributed by atoms with Gasteiger partial charge in [-0.3, -0.25) is 14.4 Å². The normalized spacial score (nSPS) is 12.7. The Hall–Kier alpha value is -3.41. The molecule has 0 radical (unpaired) electrons. The lowest BCUT2D eigenvalue weighted by Gasteiger charge is -2.18. The van der Waals surface area contributed by atoms with E-state index < -0.39 is 6.10 Å². The van der Waals surface area contributed by atoms with Gasteiger partial charge in [-0.05, 0) is 83.5 Å². The molecular weight excluding hydrogens is 805 g/mol. The molecule has 0 aliphatic heterocycles. The van der Waals surface area contributed by atoms with E-state index in [-0.39, 0.29) is 31.1 Å². The van der Waals surface area contributed by atoms with Gasteiger partial charge < -0.3 is 14.2 Å². The smallest absolute Gasteiger partial charge is 0.306 e. The molecule has 0 saturated heterocycles. The molecule has 0 aromatic heterocycles. The van der Waals surface area contributed by atoms with Crippen molar-refractivity contribution in [1.82, 2.24) is 0 Å². The van der Waals surface area contributed by atoms with Crippen LogP contribution in [0.1, 0.15) is 252 Å². The number of hydrogen-bond donors (Lipinski definition) is 0. The highest BCUT2D eigenvalue weighted by atomic mass is 16.6. The van der Waals surface area contributed by atoms with Crippen molar-refractivity contribution in [1.29, 1.82) is 0 Å². The monoisotopic (exact) mass is 905 g/mol. The molecule has 6 heteroatoms. The van der Waals surface area contributed by atoms with Gasteiger partial charge in [0.1, 0.15) is 13.2 Å². The van der Waals surface area contributed by atoms with Gasteiger partial charge >= 0.3 is 17.9 Å². The summed E-state index contributed by atoms with van der Waals surface area (Å²) in [6.45, 7) is 6.35. The van der Waals surface area contributed by atoms with E-state index in [9.17, 15) is 14.4 Å². The van der Waals surface area contributed by atoms with Gasteiger partial charge in [-0.1, -0.05) is 234 Å². The maximum absolute atomic E-state index is 12.8. The van der Waals surface area contributed by atoms with Crippen molar-refractivity contribution in [2.45, 2.75) is 258 Å². The Kier molecular flexibility index (Phi) is 50.4. The van der Waals surface area contributed by atoms with Gasteiger partial charge in [0, 0.05) is 19.3 Å². The van der Waals surface area contributed by atoms with Gasteiger partial charge in [-0.25, -0.2) is 0 Å². The Bertz CT molecular complexity index is 1270. The minimum atomic E-state index is -0.793. The number of esters is 3. The lowest BCUT2D eigenvalue weighted by Crippen LogP contribution is -2.30. The number of unbranched alkanes of at least 4 members (excludes halogenated alkanes) is 27. The molecule has 0 aliphatic rings. The van der Waals surface area contributed by atoms with Gasteiger partial charge in [0.2, 0.25) is 0 Å². The molecule has 0 N–H and O–H groups in total. The molecular formula is C59H100O6. The summed E-state index contributed by atoms with van der Waals surface area (Å²) in [5.41, 5.74) is 0. The first-order valence-electron chi connectivity index (χ1n) is 27.2. The van der Waals surface area contributed by atoms with Crippen LogP contribution >= 0.6 is 0 Å². The largest absolute Gasteiger partial charge is 0.462 e. The predicted octanol–water partition coefficient (Wildman–Crippen LogP) is 18.0. The fourth-order valence-corrected chi connectivity index (χ4v) is 7.44. The van der Waals surface area contributed by atoms with E-state index in [4.69, 9.17) is 14.2 Å². The zero-order chi connectivity index (χ0) is 47.2. The minimum absolute atomic E-state index is 0.0908. The molecule has 0 spiro atoms. The van der Waals surface area contributed by atoms with Crippen molar-refractivity contribution in [3.05, 3.63) is 85.1 Å². The molecule has 0 aromatic rings. The van der Waals surface area contributed by atoms with E-state index >= 15 is 0 Å². The standard InChI is InChI=1S/C59H100O6/c1-4-7-10-13-16-19-22-25-27-28-29-30-32-34-37-40-43-46-49-52-58(61)64-55-56(54-63-57(60)51-48-45-42-39-36-33-24-21-18-15-12-9-6-3)65-59(62)53-50-47-44-41-38-35-31-26-23-20-17-14-11-8-5-2/h8-9,11-12,14-15,17-18,20-21,23-24,28-29,56H,4-7,10,13,16,19,22,25-27,30-55H2,1-3H3/b11-8+,12-9+,17-14+,18-15+,23-20+,24-21+,29-28+. The SMILES string of the molecule is CC/C=C/C=C/C=C/CCCCCCCCCC(=O)OC(COC(=O)CCCCCCC/C=C/C=C/C=C/CC)COC(=O)CCCCCCCCC/C=C/CCCCCCCCCC. The molecule has 0 aliphatic carbocycles. The Balaban J connectivity index is 4.39. The number of allylic oxidation sites excluding steroid dienone is 14. The third-order valence-electron chi connectivity index (χ3n) is 11.5. The lowest BCUT2D eigenvalue weighted by molar-refractivity contribution is -0.167. The second-order valence-corrected chi connectivity index (χ2v) is 17.8. The predicted molar refractivity (Wildman–Crippen MR) is 279 cm³/mol. The summed E-state index contributed by atoms with van der Waals surface area (Å²) >= 11 is 0. The zero-order valence-electron chi connectivity index (χ0n) is 42.5. The maximum Gasteiger partial charge on any atom is 0.306 e. The first-order chi connectivity index (χ1) is 32.0. The summed E-state index contributed by atoms with van der Waals surface area (Å²) in [7, 11) is 0. The molecule has 0 aromatic carbocycles. The Morgan fingerprint density at radius 1 is 0.323 bits per heavy atom. The maximum atomic E-state index is 12.8. The highest BCUT2D eigenvalue weighted by Crippen LogP contribution is 2.15. The molecule has 1 atom stereocenters. The summed E-state index contributed by atoms with van der Waals surface area (Å²) < 4.78 is 16.8. The van der Waals surface area contributed by atoms with Crippen LogP contribution in [0.3, 0.4) is 0 Å². The highest BCUT2D eigenvalue weighted by molar-refractivity contribution is 5.71. The zero-order valence-corrected chi connectivity index (χ0v) is 42.5. The molecule has 0 bridgehead atoms. The van der Waals surface area contributed by atoms with Crippen LogP contribution in [0.4, 0.5) is 0 Å². The molecule has 0 amide bonds. The number of ether oxygens (including phenoxy) is 3. The third kappa shape index (κ3) is 51.4. The van der Waals surface area contributed by atoms with Crippen LogP contribution in [0.25, 0.3) is 0 Å². The van der Waals surface area contributed by atoms with E-state index in [0.717, 1.165) is 96.3 Å². The van der Waals surface area contributed by atoms with E-state index in [1.165, 1.54) is 116 Å². The van der Waals surface area contributed by atoms with Gasteiger partial charge in [-0.15, -0.1) is 0 Å². The van der Waals surface area contributed by atoms with Crippen LogP contribution in [0, 0.1) is 0 Å². The highest BCUT2D eigenvalue weighted by Gasteiger charge is 2.19. The van der Waals surface area contributed by atoms with Crippen molar-refractivity contribution >= 4 is 17.9 Å². The second kappa shape index (κ2) is 53.2. The second-order valence-electron chi connectivity index (χ2n) is 17.8. The molecule has 1 unspecified atom stereocenters. The van der Waals surface area contributed by atoms with Crippen LogP contribution in [0.15, 0.2) is 85.1 Å². The van der Waals surface area contributed by atoms with E-state index in [1.54, 1.807) is 0 Å². The molecule has 0 heterocycles. The quantitative estimate of drug-likeness (QED) is 0.0199. The molecule has 0 rings (SSSR count). The van der Waals surface area contributed by atoms with Crippen molar-refractivity contribution < 1.29 is 28.6 Å². The lowest BCUT2D eigenvalue weighted by atomic mass is 10.1. The van der Waals surface area contributed by atoms with Crippen LogP contribution in [-0.4, -0.2) is 37.2 Å². The number of carbonyl (C=O) groups excluding carboxylic acids is 3. The van der Waals surface area contributed by atoms with Crippen LogP contribution in [-0.2, 0) is 28.6 Å². The minimum Gasteiger partial charge on any atom is -0.462 e. The first kappa shape index (κ1) is 61.6. The summed E-state index contributed by atoms with van der Waals surface area (Å²) in [6.07, 6.45) is 68.6. The molecule has 6 nitrogen and oxygen atoms in total. The van der Waals surface area contributed by atoms with Gasteiger partial charge in [0.05, 0.1) is 0 Å². The summed E-state index contributed by atoms with van der Waals surface area (Å²) in [5.74, 6) is -0.926. The topological polar surface area (TPSA) is 78.9 Å². The van der Waals surface area contributed by atoms with Crippen LogP contribution in [0.5, 0.6) is 0 Å². The van der Waals surface area contributed by atoms with Crippen LogP contribution in [0.2, 0.25) is 0 Å². The van der Waals surface area contributed by atoms with E-state index in [2.05, 4.69) is 106 Å². The molecule has 372 valence electrons. The Morgan fingerprint density at radius 2 is 0.615 bits per heavy atom. The van der Waals surface area contributed by atoms with Crippen molar-refractivity contribution in [3.8, 4) is 0 Å². The number of carbonyl (C=O) groups is 3. The first-order valence-corrected chi connectivity index (χ1v) is 27.2. The average molecular weight is 905 g/mol.